The maximum absolute atomic E-state index is 12.5. The molecule has 0 aliphatic carbocycles. The highest BCUT2D eigenvalue weighted by Gasteiger charge is 2.35. The first-order valence-electron chi connectivity index (χ1n) is 7.18. The highest BCUT2D eigenvalue weighted by molar-refractivity contribution is 14.1. The lowest BCUT2D eigenvalue weighted by Gasteiger charge is -2.39. The van der Waals surface area contributed by atoms with E-state index in [0.29, 0.717) is 24.5 Å². The summed E-state index contributed by atoms with van der Waals surface area (Å²) in [4.78, 5) is 29.9. The number of carbonyl (C=O) groups is 2. The molecule has 0 spiro atoms. The molecule has 1 aromatic rings. The normalized spacial score (nSPS) is 14.9. The van der Waals surface area contributed by atoms with E-state index in [4.69, 9.17) is 9.47 Å². The van der Waals surface area contributed by atoms with Gasteiger partial charge in [-0.3, -0.25) is 4.79 Å². The lowest BCUT2D eigenvalue weighted by molar-refractivity contribution is 0.0357. The van der Waals surface area contributed by atoms with Crippen LogP contribution in [0.5, 0.6) is 5.88 Å². The Morgan fingerprint density at radius 2 is 2.04 bits per heavy atom. The van der Waals surface area contributed by atoms with E-state index in [2.05, 4.69) is 32.9 Å². The van der Waals surface area contributed by atoms with Crippen molar-refractivity contribution < 1.29 is 19.1 Å². The second kappa shape index (κ2) is 6.90. The summed E-state index contributed by atoms with van der Waals surface area (Å²) in [5, 5.41) is 2.75. The average molecular weight is 433 g/mol. The van der Waals surface area contributed by atoms with Crippen LogP contribution < -0.4 is 10.1 Å². The maximum atomic E-state index is 12.5. The van der Waals surface area contributed by atoms with E-state index in [1.54, 1.807) is 37.9 Å². The van der Waals surface area contributed by atoms with Gasteiger partial charge in [0.15, 0.2) is 0 Å². The summed E-state index contributed by atoms with van der Waals surface area (Å²) in [6.45, 7) is 6.29. The molecule has 7 nitrogen and oxygen atoms in total. The Balaban J connectivity index is 1.93. The number of amides is 2. The lowest BCUT2D eigenvalue weighted by Crippen LogP contribution is -2.61. The monoisotopic (exact) mass is 433 g/mol. The van der Waals surface area contributed by atoms with Crippen molar-refractivity contribution in [3.05, 3.63) is 21.4 Å². The number of carbonyl (C=O) groups excluding carboxylic acids is 2. The van der Waals surface area contributed by atoms with Crippen LogP contribution in [-0.4, -0.2) is 53.7 Å². The number of rotatable bonds is 3. The van der Waals surface area contributed by atoms with Gasteiger partial charge in [-0.25, -0.2) is 9.78 Å². The van der Waals surface area contributed by atoms with Crippen molar-refractivity contribution in [3.63, 3.8) is 0 Å². The van der Waals surface area contributed by atoms with Crippen LogP contribution in [0.25, 0.3) is 0 Å². The Morgan fingerprint density at radius 3 is 2.61 bits per heavy atom. The zero-order valence-corrected chi connectivity index (χ0v) is 15.7. The minimum absolute atomic E-state index is 0.103. The molecule has 1 N–H and O–H groups in total. The summed E-state index contributed by atoms with van der Waals surface area (Å²) in [6, 6.07) is 1.65. The summed E-state index contributed by atoms with van der Waals surface area (Å²) in [6.07, 6.45) is 1.13. The highest BCUT2D eigenvalue weighted by atomic mass is 127. The van der Waals surface area contributed by atoms with E-state index < -0.39 is 11.7 Å². The Labute approximate surface area is 148 Å². The van der Waals surface area contributed by atoms with Crippen LogP contribution in [0.3, 0.4) is 0 Å². The molecular formula is C15H20IN3O4. The Morgan fingerprint density at radius 1 is 1.39 bits per heavy atom. The molecule has 2 heterocycles. The fraction of sp³-hybridized carbons (Fsp3) is 0.533. The molecule has 0 unspecified atom stereocenters. The van der Waals surface area contributed by atoms with E-state index in [1.165, 1.54) is 7.11 Å². The number of nitrogens with zero attached hydrogens (tertiary/aromatic N) is 2. The van der Waals surface area contributed by atoms with E-state index in [1.807, 2.05) is 0 Å². The van der Waals surface area contributed by atoms with Crippen molar-refractivity contribution in [3.8, 4) is 5.88 Å². The summed E-state index contributed by atoms with van der Waals surface area (Å²) in [5.41, 5.74) is -0.0889. The van der Waals surface area contributed by atoms with Crippen molar-refractivity contribution in [2.45, 2.75) is 32.4 Å². The van der Waals surface area contributed by atoms with Gasteiger partial charge in [-0.1, -0.05) is 0 Å². The van der Waals surface area contributed by atoms with E-state index in [0.717, 1.165) is 3.57 Å². The van der Waals surface area contributed by atoms with E-state index >= 15 is 0 Å². The van der Waals surface area contributed by atoms with Crippen LogP contribution in [0.15, 0.2) is 12.3 Å². The summed E-state index contributed by atoms with van der Waals surface area (Å²) in [5.74, 6) is 0.159. The molecule has 1 fully saturated rings. The molecule has 8 heteroatoms. The Hall–Kier alpha value is -1.58. The number of halogens is 1. The number of hydrogen-bond acceptors (Lipinski definition) is 5. The van der Waals surface area contributed by atoms with Crippen molar-refractivity contribution in [2.24, 2.45) is 0 Å². The molecule has 1 aromatic heterocycles. The number of aromatic nitrogens is 1. The third-order valence-corrected chi connectivity index (χ3v) is 4.06. The Bertz CT molecular complexity index is 609. The minimum atomic E-state index is -0.539. The van der Waals surface area contributed by atoms with Crippen molar-refractivity contribution in [2.75, 3.05) is 20.2 Å². The summed E-state index contributed by atoms with van der Waals surface area (Å²) in [7, 11) is 1.48. The van der Waals surface area contributed by atoms with Gasteiger partial charge >= 0.3 is 6.09 Å². The van der Waals surface area contributed by atoms with Gasteiger partial charge in [0, 0.05) is 22.9 Å². The van der Waals surface area contributed by atoms with Gasteiger partial charge in [0.25, 0.3) is 5.91 Å². The zero-order chi connectivity index (χ0) is 17.2. The largest absolute Gasteiger partial charge is 0.480 e. The number of likely N-dealkylation sites (tertiary alicyclic amines) is 1. The number of methoxy groups -OCH3 is 1. The lowest BCUT2D eigenvalue weighted by atomic mass is 10.1. The third-order valence-electron chi connectivity index (χ3n) is 3.16. The predicted molar refractivity (Wildman–Crippen MR) is 92.6 cm³/mol. The fourth-order valence-electron chi connectivity index (χ4n) is 2.14. The molecule has 1 saturated heterocycles. The van der Waals surface area contributed by atoms with Gasteiger partial charge in [0.1, 0.15) is 11.2 Å². The zero-order valence-electron chi connectivity index (χ0n) is 13.6. The molecular weight excluding hydrogens is 413 g/mol. The molecule has 0 atom stereocenters. The minimum Gasteiger partial charge on any atom is -0.480 e. The molecule has 1 aliphatic rings. The molecule has 1 aliphatic heterocycles. The van der Waals surface area contributed by atoms with Crippen LogP contribution in [0.4, 0.5) is 4.79 Å². The molecule has 126 valence electrons. The number of ether oxygens (including phenoxy) is 2. The second-order valence-electron chi connectivity index (χ2n) is 6.23. The summed E-state index contributed by atoms with van der Waals surface area (Å²) < 4.78 is 11.1. The number of nitrogens with one attached hydrogen (secondary N) is 1. The van der Waals surface area contributed by atoms with Crippen LogP contribution in [0.2, 0.25) is 0 Å². The molecule has 0 radical (unpaired) electrons. The first-order chi connectivity index (χ1) is 10.7. The van der Waals surface area contributed by atoms with E-state index in [-0.39, 0.29) is 11.9 Å². The van der Waals surface area contributed by atoms with Crippen LogP contribution >= 0.6 is 22.6 Å². The van der Waals surface area contributed by atoms with Crippen molar-refractivity contribution in [1.29, 1.82) is 0 Å². The second-order valence-corrected chi connectivity index (χ2v) is 7.39. The SMILES string of the molecule is COc1nccc(I)c1C(=O)N1CC(NC(=O)OC(C)(C)C)C1. The smallest absolute Gasteiger partial charge is 0.407 e. The first kappa shape index (κ1) is 17.8. The number of pyridine rings is 1. The average Bonchev–Trinajstić information content (AvgIpc) is 2.39. The van der Waals surface area contributed by atoms with Gasteiger partial charge < -0.3 is 19.7 Å². The van der Waals surface area contributed by atoms with Gasteiger partial charge in [0.05, 0.1) is 13.2 Å². The van der Waals surface area contributed by atoms with E-state index in [9.17, 15) is 9.59 Å². The van der Waals surface area contributed by atoms with Crippen LogP contribution in [0, 0.1) is 3.57 Å². The molecule has 0 saturated carbocycles. The quantitative estimate of drug-likeness (QED) is 0.739. The van der Waals surface area contributed by atoms with Crippen LogP contribution in [0.1, 0.15) is 31.1 Å². The molecule has 0 bridgehead atoms. The number of hydrogen-bond donors (Lipinski definition) is 1. The summed E-state index contributed by atoms with van der Waals surface area (Å²) >= 11 is 2.08. The maximum Gasteiger partial charge on any atom is 0.407 e. The first-order valence-corrected chi connectivity index (χ1v) is 8.26. The fourth-order valence-corrected chi connectivity index (χ4v) is 2.76. The van der Waals surface area contributed by atoms with Gasteiger partial charge in [-0.05, 0) is 49.4 Å². The highest BCUT2D eigenvalue weighted by Crippen LogP contribution is 2.25. The Kier molecular flexibility index (Phi) is 5.33. The molecule has 0 aromatic carbocycles. The standard InChI is InChI=1S/C15H20IN3O4/c1-15(2,3)23-14(21)18-9-7-19(8-9)13(20)11-10(16)5-6-17-12(11)22-4/h5-6,9H,7-8H2,1-4H3,(H,18,21). The third kappa shape index (κ3) is 4.46. The molecule has 2 amide bonds. The van der Waals surface area contributed by atoms with Gasteiger partial charge in [-0.15, -0.1) is 0 Å². The predicted octanol–water partition coefficient (Wildman–Crippen LogP) is 2.04. The van der Waals surface area contributed by atoms with Crippen LogP contribution in [-0.2, 0) is 4.74 Å². The van der Waals surface area contributed by atoms with Crippen molar-refractivity contribution in [1.82, 2.24) is 15.2 Å². The van der Waals surface area contributed by atoms with Gasteiger partial charge in [0.2, 0.25) is 5.88 Å². The van der Waals surface area contributed by atoms with Gasteiger partial charge in [-0.2, -0.15) is 0 Å². The molecule has 23 heavy (non-hydrogen) atoms. The molecule has 2 rings (SSSR count). The number of alkyl carbamates (subject to hydrolysis) is 1. The topological polar surface area (TPSA) is 80.8 Å². The van der Waals surface area contributed by atoms with Crippen molar-refractivity contribution >= 4 is 34.6 Å².